The van der Waals surface area contributed by atoms with Crippen LogP contribution in [-0.4, -0.2) is 30.7 Å². The van der Waals surface area contributed by atoms with E-state index in [1.54, 1.807) is 13.0 Å². The van der Waals surface area contributed by atoms with Crippen LogP contribution >= 0.6 is 0 Å². The van der Waals surface area contributed by atoms with Crippen molar-refractivity contribution in [2.75, 3.05) is 13.7 Å². The molecule has 0 radical (unpaired) electrons. The summed E-state index contributed by atoms with van der Waals surface area (Å²) in [5.41, 5.74) is -0.0840. The van der Waals surface area contributed by atoms with E-state index in [0.29, 0.717) is 31.6 Å². The number of rotatable bonds is 13. The van der Waals surface area contributed by atoms with E-state index in [4.69, 9.17) is 9.15 Å². The number of carbonyl (C=O) groups is 2. The summed E-state index contributed by atoms with van der Waals surface area (Å²) in [6.07, 6.45) is 5.44. The number of benzene rings is 1. The third-order valence-corrected chi connectivity index (χ3v) is 6.17. The van der Waals surface area contributed by atoms with Crippen LogP contribution in [0.25, 0.3) is 0 Å². The molecule has 1 heterocycles. The van der Waals surface area contributed by atoms with E-state index < -0.39 is 23.4 Å². The molecule has 2 rings (SSSR count). The maximum atomic E-state index is 13.1. The summed E-state index contributed by atoms with van der Waals surface area (Å²) < 4.78 is 15.5. The number of hydrogen-bond donors (Lipinski definition) is 2. The van der Waals surface area contributed by atoms with Crippen molar-refractivity contribution in [3.05, 3.63) is 69.9 Å². The van der Waals surface area contributed by atoms with Crippen LogP contribution in [0.1, 0.15) is 74.6 Å². The molecule has 1 amide bonds. The van der Waals surface area contributed by atoms with Crippen LogP contribution in [0.15, 0.2) is 51.8 Å². The van der Waals surface area contributed by atoms with Gasteiger partial charge in [0.1, 0.15) is 22.8 Å². The Hall–Kier alpha value is -3.55. The monoisotopic (exact) mass is 499 g/mol. The molecule has 8 nitrogen and oxygen atoms in total. The minimum absolute atomic E-state index is 0.0669. The number of ketones is 1. The number of carbonyl (C=O) groups excluding carboxylic acids is 2. The van der Waals surface area contributed by atoms with E-state index in [9.17, 15) is 19.5 Å². The molecule has 3 atom stereocenters. The highest BCUT2D eigenvalue weighted by Crippen LogP contribution is 2.28. The van der Waals surface area contributed by atoms with Crippen molar-refractivity contribution in [1.29, 1.82) is 0 Å². The molecule has 2 aromatic rings. The number of methoxy groups -OCH3 is 1. The van der Waals surface area contributed by atoms with Gasteiger partial charge in [0.25, 0.3) is 0 Å². The molecule has 1 aromatic carbocycles. The first-order chi connectivity index (χ1) is 17.2. The second kappa shape index (κ2) is 14.1. The Bertz CT molecular complexity index is 1090. The summed E-state index contributed by atoms with van der Waals surface area (Å²) in [6, 6.07) is 9.12. The van der Waals surface area contributed by atoms with Crippen molar-refractivity contribution >= 4 is 11.9 Å². The summed E-state index contributed by atoms with van der Waals surface area (Å²) in [7, 11) is 1.28. The summed E-state index contributed by atoms with van der Waals surface area (Å²) in [5.74, 6) is -0.438. The van der Waals surface area contributed by atoms with Crippen LogP contribution in [0.2, 0.25) is 0 Å². The second-order valence-electron chi connectivity index (χ2n) is 9.04. The van der Waals surface area contributed by atoms with Crippen molar-refractivity contribution in [2.45, 2.75) is 59.3 Å². The number of allylic oxidation sites excluding steroid dienone is 1. The quantitative estimate of drug-likeness (QED) is 0.345. The molecule has 36 heavy (non-hydrogen) atoms. The van der Waals surface area contributed by atoms with Gasteiger partial charge in [0, 0.05) is 24.1 Å². The predicted molar refractivity (Wildman–Crippen MR) is 138 cm³/mol. The van der Waals surface area contributed by atoms with Crippen molar-refractivity contribution in [1.82, 2.24) is 5.32 Å². The fourth-order valence-electron chi connectivity index (χ4n) is 3.70. The van der Waals surface area contributed by atoms with Crippen LogP contribution < -0.4 is 15.7 Å². The summed E-state index contributed by atoms with van der Waals surface area (Å²) in [6.45, 7) is 8.27. The molecule has 1 aromatic heterocycles. The lowest BCUT2D eigenvalue weighted by Crippen LogP contribution is -2.26. The third-order valence-electron chi connectivity index (χ3n) is 6.17. The zero-order valence-corrected chi connectivity index (χ0v) is 21.7. The molecule has 0 aliphatic rings. The predicted octanol–water partition coefficient (Wildman–Crippen LogP) is 5.59. The fraction of sp³-hybridized carbons (Fsp3) is 0.464. The Labute approximate surface area is 212 Å². The van der Waals surface area contributed by atoms with E-state index in [1.807, 2.05) is 45.0 Å². The van der Waals surface area contributed by atoms with E-state index in [-0.39, 0.29) is 23.1 Å². The molecule has 3 unspecified atom stereocenters. The Morgan fingerprint density at radius 1 is 1.17 bits per heavy atom. The van der Waals surface area contributed by atoms with Crippen molar-refractivity contribution in [2.24, 2.45) is 11.8 Å². The number of aromatic hydroxyl groups is 1. The van der Waals surface area contributed by atoms with Gasteiger partial charge in [-0.3, -0.25) is 10.1 Å². The topological polar surface area (TPSA) is 115 Å². The van der Waals surface area contributed by atoms with Gasteiger partial charge < -0.3 is 19.0 Å². The minimum atomic E-state index is -0.832. The molecule has 0 spiro atoms. The van der Waals surface area contributed by atoms with Gasteiger partial charge in [-0.1, -0.05) is 45.9 Å². The molecule has 0 saturated heterocycles. The average Bonchev–Trinajstić information content (AvgIpc) is 2.86. The summed E-state index contributed by atoms with van der Waals surface area (Å²) in [4.78, 5) is 36.8. The summed E-state index contributed by atoms with van der Waals surface area (Å²) >= 11 is 0. The number of hydrogen-bond acceptors (Lipinski definition) is 7. The van der Waals surface area contributed by atoms with Crippen LogP contribution in [0.5, 0.6) is 11.5 Å². The molecular formula is C28H37NO7. The lowest BCUT2D eigenvalue weighted by Gasteiger charge is -2.19. The lowest BCUT2D eigenvalue weighted by molar-refractivity contribution is 0.0885. The van der Waals surface area contributed by atoms with Gasteiger partial charge in [0.05, 0.1) is 13.7 Å². The first kappa shape index (κ1) is 28.7. The van der Waals surface area contributed by atoms with Gasteiger partial charge in [-0.2, -0.15) is 0 Å². The van der Waals surface area contributed by atoms with Gasteiger partial charge in [-0.05, 0) is 49.3 Å². The Morgan fingerprint density at radius 3 is 2.47 bits per heavy atom. The van der Waals surface area contributed by atoms with Crippen LogP contribution in [0.4, 0.5) is 4.79 Å². The number of alkyl carbamates (subject to hydrolysis) is 1. The van der Waals surface area contributed by atoms with E-state index in [2.05, 4.69) is 10.1 Å². The van der Waals surface area contributed by atoms with E-state index in [1.165, 1.54) is 19.4 Å². The second-order valence-corrected chi connectivity index (χ2v) is 9.04. The Morgan fingerprint density at radius 2 is 1.86 bits per heavy atom. The van der Waals surface area contributed by atoms with Crippen molar-refractivity contribution in [3.63, 3.8) is 0 Å². The fourth-order valence-corrected chi connectivity index (χ4v) is 3.70. The zero-order chi connectivity index (χ0) is 26.7. The van der Waals surface area contributed by atoms with Gasteiger partial charge in [-0.25, -0.2) is 9.59 Å². The molecule has 0 fully saturated rings. The Balaban J connectivity index is 2.02. The number of Topliss-reactive ketones (excluding diaryl/α,β-unsaturated/α-hetero) is 1. The number of ether oxygens (including phenoxy) is 2. The maximum absolute atomic E-state index is 13.1. The lowest BCUT2D eigenvalue weighted by atomic mass is 9.84. The standard InChI is InChI=1S/C28H37NO7/c1-6-15-35-22-12-10-21(11-13-22)16-19(3)20(4)26(31)25-23(30)17-24(36-27(25)32)18(2)9-7-8-14-29-28(33)34-5/h8,10-14,17-20,30H,6-7,9,15-16H2,1-5H3,(H,29,33)/b14-8+. The molecule has 196 valence electrons. The molecule has 0 bridgehead atoms. The molecule has 0 saturated carbocycles. The van der Waals surface area contributed by atoms with E-state index in [0.717, 1.165) is 17.7 Å². The SMILES string of the molecule is CCCOc1ccc(CC(C)C(C)C(=O)c2c(O)cc(C(C)CC/C=C/NC(=O)OC)oc2=O)cc1. The number of amides is 1. The summed E-state index contributed by atoms with van der Waals surface area (Å²) in [5, 5.41) is 13.0. The van der Waals surface area contributed by atoms with Crippen LogP contribution in [0.3, 0.4) is 0 Å². The molecule has 2 N–H and O–H groups in total. The smallest absolute Gasteiger partial charge is 0.410 e. The van der Waals surface area contributed by atoms with Gasteiger partial charge in [0.15, 0.2) is 5.78 Å². The van der Waals surface area contributed by atoms with Gasteiger partial charge in [-0.15, -0.1) is 0 Å². The first-order valence-corrected chi connectivity index (χ1v) is 12.3. The van der Waals surface area contributed by atoms with Gasteiger partial charge >= 0.3 is 11.7 Å². The molecule has 8 heteroatoms. The van der Waals surface area contributed by atoms with E-state index >= 15 is 0 Å². The average molecular weight is 500 g/mol. The van der Waals surface area contributed by atoms with Crippen molar-refractivity contribution in [3.8, 4) is 11.5 Å². The first-order valence-electron chi connectivity index (χ1n) is 12.3. The highest BCUT2D eigenvalue weighted by molar-refractivity contribution is 5.99. The molecular weight excluding hydrogens is 462 g/mol. The zero-order valence-electron chi connectivity index (χ0n) is 21.7. The highest BCUT2D eigenvalue weighted by atomic mass is 16.5. The minimum Gasteiger partial charge on any atom is -0.507 e. The maximum Gasteiger partial charge on any atom is 0.410 e. The van der Waals surface area contributed by atoms with Gasteiger partial charge in [0.2, 0.25) is 0 Å². The number of nitrogens with one attached hydrogen (secondary N) is 1. The largest absolute Gasteiger partial charge is 0.507 e. The normalized spacial score (nSPS) is 13.7. The van der Waals surface area contributed by atoms with Crippen molar-refractivity contribution < 1.29 is 28.6 Å². The van der Waals surface area contributed by atoms with Crippen LogP contribution in [-0.2, 0) is 11.2 Å². The molecule has 0 aliphatic heterocycles. The highest BCUT2D eigenvalue weighted by Gasteiger charge is 2.28. The Kier molecular flexibility index (Phi) is 11.2. The third kappa shape index (κ3) is 8.29. The molecule has 0 aliphatic carbocycles. The van der Waals surface area contributed by atoms with Crippen LogP contribution in [0, 0.1) is 11.8 Å².